The summed E-state index contributed by atoms with van der Waals surface area (Å²) < 4.78 is 10.9. The summed E-state index contributed by atoms with van der Waals surface area (Å²) in [6.45, 7) is 1.25. The van der Waals surface area contributed by atoms with Crippen LogP contribution in [0.4, 0.5) is 0 Å². The fourth-order valence-electron chi connectivity index (χ4n) is 4.31. The second-order valence-electron chi connectivity index (χ2n) is 8.10. The third kappa shape index (κ3) is 4.31. The van der Waals surface area contributed by atoms with Gasteiger partial charge in [-0.25, -0.2) is 0 Å². The number of ether oxygens (including phenoxy) is 2. The monoisotopic (exact) mass is 471 g/mol. The van der Waals surface area contributed by atoms with Gasteiger partial charge >= 0.3 is 0 Å². The molecule has 0 saturated carbocycles. The van der Waals surface area contributed by atoms with Crippen LogP contribution in [0.1, 0.15) is 11.1 Å². The van der Waals surface area contributed by atoms with E-state index in [0.717, 1.165) is 44.8 Å². The Morgan fingerprint density at radius 3 is 2.32 bits per heavy atom. The van der Waals surface area contributed by atoms with Crippen LogP contribution in [0.25, 0.3) is 22.0 Å². The van der Waals surface area contributed by atoms with Gasteiger partial charge in [-0.15, -0.1) is 10.2 Å². The SMILES string of the molecule is COc1cc2c(cc1OC)CN(C(=O)CSc1nnc(-c3ccccc3)c3ccccc13)CC2. The number of aromatic nitrogens is 2. The number of amides is 1. The number of nitrogens with zero attached hydrogens (tertiary/aromatic N) is 3. The number of fused-ring (bicyclic) bond motifs is 2. The van der Waals surface area contributed by atoms with Crippen molar-refractivity contribution in [3.63, 3.8) is 0 Å². The van der Waals surface area contributed by atoms with Crippen molar-refractivity contribution in [2.75, 3.05) is 26.5 Å². The molecule has 172 valence electrons. The zero-order valence-electron chi connectivity index (χ0n) is 19.2. The van der Waals surface area contributed by atoms with E-state index < -0.39 is 0 Å². The summed E-state index contributed by atoms with van der Waals surface area (Å²) in [4.78, 5) is 15.0. The van der Waals surface area contributed by atoms with E-state index in [1.165, 1.54) is 17.3 Å². The van der Waals surface area contributed by atoms with Crippen LogP contribution < -0.4 is 9.47 Å². The van der Waals surface area contributed by atoms with Gasteiger partial charge in [-0.2, -0.15) is 0 Å². The molecule has 0 radical (unpaired) electrons. The lowest BCUT2D eigenvalue weighted by Crippen LogP contribution is -2.37. The van der Waals surface area contributed by atoms with Gasteiger partial charge in [0.1, 0.15) is 10.7 Å². The highest BCUT2D eigenvalue weighted by molar-refractivity contribution is 8.00. The van der Waals surface area contributed by atoms with Crippen molar-refractivity contribution in [3.05, 3.63) is 77.9 Å². The number of carbonyl (C=O) groups excluding carboxylic acids is 1. The number of carbonyl (C=O) groups is 1. The van der Waals surface area contributed by atoms with Crippen molar-refractivity contribution >= 4 is 28.4 Å². The summed E-state index contributed by atoms with van der Waals surface area (Å²) in [7, 11) is 3.26. The number of methoxy groups -OCH3 is 2. The average Bonchev–Trinajstić information content (AvgIpc) is 2.90. The molecule has 1 aromatic heterocycles. The molecule has 0 N–H and O–H groups in total. The Morgan fingerprint density at radius 2 is 1.59 bits per heavy atom. The first-order valence-corrected chi connectivity index (χ1v) is 12.1. The molecule has 0 bridgehead atoms. The van der Waals surface area contributed by atoms with Crippen LogP contribution in [0, 0.1) is 0 Å². The Bertz CT molecular complexity index is 1340. The van der Waals surface area contributed by atoms with Gasteiger partial charge in [-0.05, 0) is 29.7 Å². The van der Waals surface area contributed by atoms with E-state index in [1.807, 2.05) is 65.6 Å². The summed E-state index contributed by atoms with van der Waals surface area (Å²) in [5.41, 5.74) is 4.17. The van der Waals surface area contributed by atoms with E-state index in [0.29, 0.717) is 24.6 Å². The Morgan fingerprint density at radius 1 is 0.912 bits per heavy atom. The van der Waals surface area contributed by atoms with Crippen molar-refractivity contribution < 1.29 is 14.3 Å². The number of benzene rings is 3. The molecule has 0 aliphatic carbocycles. The maximum Gasteiger partial charge on any atom is 0.233 e. The predicted molar refractivity (Wildman–Crippen MR) is 134 cm³/mol. The lowest BCUT2D eigenvalue weighted by molar-refractivity contribution is -0.129. The minimum Gasteiger partial charge on any atom is -0.493 e. The highest BCUT2D eigenvalue weighted by Crippen LogP contribution is 2.34. The minimum atomic E-state index is 0.0865. The van der Waals surface area contributed by atoms with E-state index in [2.05, 4.69) is 16.3 Å². The van der Waals surface area contributed by atoms with Crippen LogP contribution in [0.2, 0.25) is 0 Å². The molecule has 0 fully saturated rings. The Hall–Kier alpha value is -3.58. The molecule has 0 unspecified atom stereocenters. The quantitative estimate of drug-likeness (QED) is 0.369. The summed E-state index contributed by atoms with van der Waals surface area (Å²) in [5.74, 6) is 1.81. The number of thioether (sulfide) groups is 1. The maximum atomic E-state index is 13.1. The van der Waals surface area contributed by atoms with Gasteiger partial charge in [0.15, 0.2) is 11.5 Å². The lowest BCUT2D eigenvalue weighted by Gasteiger charge is -2.29. The molecule has 1 amide bonds. The van der Waals surface area contributed by atoms with Crippen LogP contribution in [-0.2, 0) is 17.8 Å². The third-order valence-electron chi connectivity index (χ3n) is 6.10. The van der Waals surface area contributed by atoms with Gasteiger partial charge in [-0.1, -0.05) is 66.4 Å². The molecule has 1 aliphatic heterocycles. The van der Waals surface area contributed by atoms with Crippen molar-refractivity contribution in [3.8, 4) is 22.8 Å². The molecular weight excluding hydrogens is 446 g/mol. The van der Waals surface area contributed by atoms with Gasteiger partial charge < -0.3 is 14.4 Å². The van der Waals surface area contributed by atoms with E-state index >= 15 is 0 Å². The summed E-state index contributed by atoms with van der Waals surface area (Å²) in [6, 6.07) is 22.1. The zero-order valence-corrected chi connectivity index (χ0v) is 20.0. The first kappa shape index (κ1) is 22.2. The molecule has 4 aromatic rings. The second-order valence-corrected chi connectivity index (χ2v) is 9.06. The molecular formula is C27H25N3O3S. The van der Waals surface area contributed by atoms with Crippen LogP contribution in [0.15, 0.2) is 71.8 Å². The highest BCUT2D eigenvalue weighted by atomic mass is 32.2. The van der Waals surface area contributed by atoms with Gasteiger partial charge in [0, 0.05) is 29.4 Å². The van der Waals surface area contributed by atoms with Crippen LogP contribution >= 0.6 is 11.8 Å². The average molecular weight is 472 g/mol. The topological polar surface area (TPSA) is 64.6 Å². The Labute approximate surface area is 202 Å². The van der Waals surface area contributed by atoms with Gasteiger partial charge in [-0.3, -0.25) is 4.79 Å². The smallest absolute Gasteiger partial charge is 0.233 e. The summed E-state index contributed by atoms with van der Waals surface area (Å²) in [6.07, 6.45) is 0.792. The molecule has 0 saturated heterocycles. The zero-order chi connectivity index (χ0) is 23.5. The molecule has 3 aromatic carbocycles. The number of rotatable bonds is 6. The van der Waals surface area contributed by atoms with Gasteiger partial charge in [0.25, 0.3) is 0 Å². The molecule has 0 atom stereocenters. The van der Waals surface area contributed by atoms with Gasteiger partial charge in [0.2, 0.25) is 5.91 Å². The molecule has 2 heterocycles. The lowest BCUT2D eigenvalue weighted by atomic mass is 9.99. The second kappa shape index (κ2) is 9.73. The Balaban J connectivity index is 1.33. The van der Waals surface area contributed by atoms with E-state index in [9.17, 15) is 4.79 Å². The predicted octanol–water partition coefficient (Wildman–Crippen LogP) is 4.99. The van der Waals surface area contributed by atoms with Crippen LogP contribution in [0.3, 0.4) is 0 Å². The molecule has 7 heteroatoms. The highest BCUT2D eigenvalue weighted by Gasteiger charge is 2.23. The summed E-state index contributed by atoms with van der Waals surface area (Å²) >= 11 is 1.44. The van der Waals surface area contributed by atoms with E-state index in [4.69, 9.17) is 9.47 Å². The fourth-order valence-corrected chi connectivity index (χ4v) is 5.19. The van der Waals surface area contributed by atoms with Crippen LogP contribution in [-0.4, -0.2) is 47.5 Å². The van der Waals surface area contributed by atoms with E-state index in [-0.39, 0.29) is 5.91 Å². The van der Waals surface area contributed by atoms with Gasteiger partial charge in [0.05, 0.1) is 20.0 Å². The minimum absolute atomic E-state index is 0.0865. The number of hydrogen-bond donors (Lipinski definition) is 0. The maximum absolute atomic E-state index is 13.1. The molecule has 1 aliphatic rings. The fraction of sp³-hybridized carbons (Fsp3) is 0.222. The largest absolute Gasteiger partial charge is 0.493 e. The Kier molecular flexibility index (Phi) is 6.36. The first-order valence-electron chi connectivity index (χ1n) is 11.1. The summed E-state index contributed by atoms with van der Waals surface area (Å²) in [5, 5.41) is 11.8. The normalized spacial score (nSPS) is 12.9. The van der Waals surface area contributed by atoms with Crippen molar-refractivity contribution in [2.45, 2.75) is 18.0 Å². The third-order valence-corrected chi connectivity index (χ3v) is 7.07. The van der Waals surface area contributed by atoms with Crippen molar-refractivity contribution in [1.82, 2.24) is 15.1 Å². The number of hydrogen-bond acceptors (Lipinski definition) is 6. The molecule has 5 rings (SSSR count). The molecule has 6 nitrogen and oxygen atoms in total. The molecule has 34 heavy (non-hydrogen) atoms. The molecule has 0 spiro atoms. The standard InChI is InChI=1S/C27H25N3O3S/c1-32-23-14-19-12-13-30(16-20(19)15-24(23)33-2)25(31)17-34-27-22-11-7-6-10-21(22)26(28-29-27)18-8-4-3-5-9-18/h3-11,14-15H,12-13,16-17H2,1-2H3. The van der Waals surface area contributed by atoms with Crippen molar-refractivity contribution in [2.24, 2.45) is 0 Å². The van der Waals surface area contributed by atoms with Crippen LogP contribution in [0.5, 0.6) is 11.5 Å². The van der Waals surface area contributed by atoms with E-state index in [1.54, 1.807) is 14.2 Å². The van der Waals surface area contributed by atoms with Crippen molar-refractivity contribution in [1.29, 1.82) is 0 Å². The first-order chi connectivity index (χ1) is 16.7.